The molecule has 2 atom stereocenters. The van der Waals surface area contributed by atoms with Gasteiger partial charge in [-0.05, 0) is 20.4 Å². The van der Waals surface area contributed by atoms with Gasteiger partial charge in [0, 0.05) is 19.7 Å². The van der Waals surface area contributed by atoms with E-state index in [1.54, 1.807) is 12.0 Å². The molecule has 5 heteroatoms. The van der Waals surface area contributed by atoms with Crippen LogP contribution in [0.5, 0.6) is 0 Å². The Morgan fingerprint density at radius 1 is 1.60 bits per heavy atom. The van der Waals surface area contributed by atoms with Crippen LogP contribution in [0.2, 0.25) is 0 Å². The summed E-state index contributed by atoms with van der Waals surface area (Å²) < 4.78 is 10.3. The monoisotopic (exact) mass is 216 g/mol. The van der Waals surface area contributed by atoms with E-state index in [0.717, 1.165) is 13.0 Å². The molecule has 0 bridgehead atoms. The number of ether oxygens (including phenoxy) is 2. The van der Waals surface area contributed by atoms with Gasteiger partial charge in [0.05, 0.1) is 19.3 Å². The molecule has 0 spiro atoms. The van der Waals surface area contributed by atoms with E-state index in [1.807, 2.05) is 14.0 Å². The number of nitrogens with one attached hydrogen (secondary N) is 1. The summed E-state index contributed by atoms with van der Waals surface area (Å²) in [6, 6.07) is 0.320. The van der Waals surface area contributed by atoms with Crippen molar-refractivity contribution in [2.75, 3.05) is 33.9 Å². The van der Waals surface area contributed by atoms with E-state index in [0.29, 0.717) is 19.2 Å². The molecule has 88 valence electrons. The molecule has 0 unspecified atom stereocenters. The van der Waals surface area contributed by atoms with Crippen molar-refractivity contribution < 1.29 is 14.3 Å². The fraction of sp³-hybridized carbons (Fsp3) is 0.900. The number of nitrogens with zero attached hydrogens (tertiary/aromatic N) is 1. The highest BCUT2D eigenvalue weighted by molar-refractivity contribution is 5.67. The number of piperidine rings is 1. The molecule has 0 radical (unpaired) electrons. The van der Waals surface area contributed by atoms with Gasteiger partial charge in [-0.3, -0.25) is 0 Å². The quantitative estimate of drug-likeness (QED) is 0.744. The van der Waals surface area contributed by atoms with E-state index in [1.165, 1.54) is 0 Å². The molecule has 1 N–H and O–H groups in total. The summed E-state index contributed by atoms with van der Waals surface area (Å²) in [5.41, 5.74) is 0. The molecule has 1 aliphatic rings. The first kappa shape index (κ1) is 12.3. The molecular formula is C10H20N2O3. The van der Waals surface area contributed by atoms with Crippen LogP contribution in [0.25, 0.3) is 0 Å². The van der Waals surface area contributed by atoms with Gasteiger partial charge in [0.2, 0.25) is 0 Å². The second kappa shape index (κ2) is 5.92. The minimum atomic E-state index is -0.242. The number of likely N-dealkylation sites (N-methyl/N-ethyl adjacent to an activating group) is 1. The minimum absolute atomic E-state index is 0.0492. The summed E-state index contributed by atoms with van der Waals surface area (Å²) in [5.74, 6) is 0. The van der Waals surface area contributed by atoms with E-state index in [9.17, 15) is 4.79 Å². The highest BCUT2D eigenvalue weighted by Gasteiger charge is 2.30. The molecule has 0 saturated carbocycles. The predicted octanol–water partition coefficient (Wildman–Crippen LogP) is 0.452. The maximum absolute atomic E-state index is 11.5. The molecule has 1 aliphatic heterocycles. The third-order valence-electron chi connectivity index (χ3n) is 2.76. The first-order valence-electron chi connectivity index (χ1n) is 5.34. The summed E-state index contributed by atoms with van der Waals surface area (Å²) in [7, 11) is 3.58. The molecule has 0 aromatic heterocycles. The molecule has 0 aliphatic carbocycles. The van der Waals surface area contributed by atoms with Gasteiger partial charge in [0.25, 0.3) is 0 Å². The average Bonchev–Trinajstić information content (AvgIpc) is 2.28. The lowest BCUT2D eigenvalue weighted by molar-refractivity contribution is 0.00572. The van der Waals surface area contributed by atoms with Gasteiger partial charge >= 0.3 is 6.09 Å². The number of likely N-dealkylation sites (tertiary alicyclic amines) is 1. The fourth-order valence-corrected chi connectivity index (χ4v) is 1.87. The van der Waals surface area contributed by atoms with E-state index < -0.39 is 0 Å². The van der Waals surface area contributed by atoms with Gasteiger partial charge in [-0.25, -0.2) is 4.79 Å². The Balaban J connectivity index is 2.48. The van der Waals surface area contributed by atoms with Crippen molar-refractivity contribution in [1.82, 2.24) is 10.2 Å². The standard InChI is InChI=1S/C10H20N2O3/c1-4-15-10(13)12-6-5-8(11-2)9(7-12)14-3/h8-9,11H,4-7H2,1-3H3/t8-,9+/m0/s1. The number of hydrogen-bond acceptors (Lipinski definition) is 4. The first-order chi connectivity index (χ1) is 7.22. The van der Waals surface area contributed by atoms with Crippen LogP contribution in [0.4, 0.5) is 4.79 Å². The molecule has 0 aromatic carbocycles. The molecule has 1 rings (SSSR count). The Kier molecular flexibility index (Phi) is 4.84. The third-order valence-corrected chi connectivity index (χ3v) is 2.76. The molecule has 1 heterocycles. The maximum atomic E-state index is 11.5. The zero-order valence-electron chi connectivity index (χ0n) is 9.66. The predicted molar refractivity (Wildman–Crippen MR) is 56.9 cm³/mol. The van der Waals surface area contributed by atoms with E-state index in [2.05, 4.69) is 5.32 Å². The Morgan fingerprint density at radius 2 is 2.33 bits per heavy atom. The van der Waals surface area contributed by atoms with Crippen LogP contribution in [-0.2, 0) is 9.47 Å². The van der Waals surface area contributed by atoms with Gasteiger partial charge < -0.3 is 19.7 Å². The SMILES string of the molecule is CCOC(=O)N1CC[C@H](NC)[C@H](OC)C1. The van der Waals surface area contributed by atoms with Crippen molar-refractivity contribution in [2.24, 2.45) is 0 Å². The highest BCUT2D eigenvalue weighted by Crippen LogP contribution is 2.14. The van der Waals surface area contributed by atoms with Crippen LogP contribution < -0.4 is 5.32 Å². The Labute approximate surface area is 90.7 Å². The van der Waals surface area contributed by atoms with Crippen molar-refractivity contribution in [3.8, 4) is 0 Å². The van der Waals surface area contributed by atoms with E-state index in [-0.39, 0.29) is 12.2 Å². The maximum Gasteiger partial charge on any atom is 0.409 e. The Hall–Kier alpha value is -0.810. The van der Waals surface area contributed by atoms with Crippen molar-refractivity contribution in [3.63, 3.8) is 0 Å². The van der Waals surface area contributed by atoms with Gasteiger partial charge in [0.1, 0.15) is 0 Å². The molecule has 0 aromatic rings. The molecule has 5 nitrogen and oxygen atoms in total. The highest BCUT2D eigenvalue weighted by atomic mass is 16.6. The summed E-state index contributed by atoms with van der Waals surface area (Å²) in [6.45, 7) is 3.56. The smallest absolute Gasteiger partial charge is 0.409 e. The molecule has 1 amide bonds. The fourth-order valence-electron chi connectivity index (χ4n) is 1.87. The summed E-state index contributed by atoms with van der Waals surface area (Å²) in [6.07, 6.45) is 0.704. The average molecular weight is 216 g/mol. The lowest BCUT2D eigenvalue weighted by Crippen LogP contribution is -2.54. The number of rotatable bonds is 3. The second-order valence-electron chi connectivity index (χ2n) is 3.60. The van der Waals surface area contributed by atoms with Gasteiger partial charge in [0.15, 0.2) is 0 Å². The third kappa shape index (κ3) is 3.07. The van der Waals surface area contributed by atoms with Gasteiger partial charge in [-0.1, -0.05) is 0 Å². The van der Waals surface area contributed by atoms with Crippen LogP contribution in [0.1, 0.15) is 13.3 Å². The van der Waals surface area contributed by atoms with Crippen molar-refractivity contribution in [1.29, 1.82) is 0 Å². The summed E-state index contributed by atoms with van der Waals surface area (Å²) in [4.78, 5) is 13.2. The van der Waals surface area contributed by atoms with Crippen molar-refractivity contribution in [2.45, 2.75) is 25.5 Å². The molecular weight excluding hydrogens is 196 g/mol. The van der Waals surface area contributed by atoms with Crippen LogP contribution >= 0.6 is 0 Å². The number of hydrogen-bond donors (Lipinski definition) is 1. The number of carbonyl (C=O) groups is 1. The van der Waals surface area contributed by atoms with Crippen molar-refractivity contribution in [3.05, 3.63) is 0 Å². The normalized spacial score (nSPS) is 26.5. The summed E-state index contributed by atoms with van der Waals surface area (Å²) in [5, 5.41) is 3.19. The molecule has 15 heavy (non-hydrogen) atoms. The number of carbonyl (C=O) groups excluding carboxylic acids is 1. The van der Waals surface area contributed by atoms with E-state index in [4.69, 9.17) is 9.47 Å². The largest absolute Gasteiger partial charge is 0.450 e. The Bertz CT molecular complexity index is 211. The number of methoxy groups -OCH3 is 1. The van der Waals surface area contributed by atoms with Crippen LogP contribution in [0.3, 0.4) is 0 Å². The second-order valence-corrected chi connectivity index (χ2v) is 3.60. The lowest BCUT2D eigenvalue weighted by Gasteiger charge is -2.36. The van der Waals surface area contributed by atoms with Crippen LogP contribution in [-0.4, -0.2) is 57.0 Å². The van der Waals surface area contributed by atoms with E-state index >= 15 is 0 Å². The molecule has 1 fully saturated rings. The first-order valence-corrected chi connectivity index (χ1v) is 5.34. The number of amides is 1. The Morgan fingerprint density at radius 3 is 2.87 bits per heavy atom. The topological polar surface area (TPSA) is 50.8 Å². The van der Waals surface area contributed by atoms with Crippen molar-refractivity contribution >= 4 is 6.09 Å². The lowest BCUT2D eigenvalue weighted by atomic mass is 10.0. The van der Waals surface area contributed by atoms with Crippen LogP contribution in [0.15, 0.2) is 0 Å². The van der Waals surface area contributed by atoms with Gasteiger partial charge in [-0.15, -0.1) is 0 Å². The zero-order valence-corrected chi connectivity index (χ0v) is 9.66. The van der Waals surface area contributed by atoms with Gasteiger partial charge in [-0.2, -0.15) is 0 Å². The summed E-state index contributed by atoms with van der Waals surface area (Å²) >= 11 is 0. The zero-order chi connectivity index (χ0) is 11.3. The van der Waals surface area contributed by atoms with Crippen LogP contribution in [0, 0.1) is 0 Å². The minimum Gasteiger partial charge on any atom is -0.450 e. The molecule has 1 saturated heterocycles.